The highest BCUT2D eigenvalue weighted by molar-refractivity contribution is 7.89. The van der Waals surface area contributed by atoms with Gasteiger partial charge in [0, 0.05) is 37.5 Å². The van der Waals surface area contributed by atoms with Gasteiger partial charge in [-0.15, -0.1) is 0 Å². The van der Waals surface area contributed by atoms with E-state index >= 15 is 0 Å². The van der Waals surface area contributed by atoms with Crippen molar-refractivity contribution in [3.63, 3.8) is 0 Å². The average molecular weight is 498 g/mol. The van der Waals surface area contributed by atoms with Crippen LogP contribution in [0.25, 0.3) is 10.9 Å². The summed E-state index contributed by atoms with van der Waals surface area (Å²) in [6.45, 7) is 1.16. The monoisotopic (exact) mass is 497 g/mol. The van der Waals surface area contributed by atoms with Crippen LogP contribution >= 0.6 is 0 Å². The molecular formula is C23H23N5O6S. The molecule has 2 aliphatic rings. The van der Waals surface area contributed by atoms with Crippen LogP contribution in [0, 0.1) is 10.1 Å². The van der Waals surface area contributed by atoms with Crippen molar-refractivity contribution in [2.75, 3.05) is 24.5 Å². The summed E-state index contributed by atoms with van der Waals surface area (Å²) < 4.78 is 28.7. The number of aromatic nitrogens is 2. The Morgan fingerprint density at radius 3 is 2.57 bits per heavy atom. The number of nitrogens with zero attached hydrogens (tertiary/aromatic N) is 5. The molecule has 1 amide bonds. The second kappa shape index (κ2) is 8.86. The summed E-state index contributed by atoms with van der Waals surface area (Å²) in [7, 11) is -3.57. The molecule has 0 atom stereocenters. The van der Waals surface area contributed by atoms with Crippen molar-refractivity contribution in [1.29, 1.82) is 0 Å². The molecule has 0 N–H and O–H groups in total. The number of sulfonamides is 1. The molecule has 0 bridgehead atoms. The van der Waals surface area contributed by atoms with Crippen molar-refractivity contribution in [3.8, 4) is 0 Å². The van der Waals surface area contributed by atoms with E-state index < -0.39 is 20.5 Å². The summed E-state index contributed by atoms with van der Waals surface area (Å²) in [6.07, 6.45) is 4.46. The Balaban J connectivity index is 1.37. The smallest absolute Gasteiger partial charge is 0.271 e. The van der Waals surface area contributed by atoms with Gasteiger partial charge >= 0.3 is 0 Å². The molecule has 3 aromatic rings. The molecule has 12 heteroatoms. The molecule has 2 aliphatic heterocycles. The van der Waals surface area contributed by atoms with Crippen LogP contribution < -0.4 is 10.5 Å². The number of carbonyl (C=O) groups is 1. The van der Waals surface area contributed by atoms with Crippen LogP contribution in [0.2, 0.25) is 0 Å². The standard InChI is InChI=1S/C23H23N5O6S/c29-22(14-25-15-24-20-13-17(28(31)32)4-6-19(20)23(25)30)27-11-8-16-12-18(5-7-21(16)27)35(33,34)26-9-2-1-3-10-26/h4-7,12-13,15H,1-3,8-11,14H2. The Labute approximate surface area is 200 Å². The molecule has 0 radical (unpaired) electrons. The van der Waals surface area contributed by atoms with E-state index in [1.54, 1.807) is 17.0 Å². The fraction of sp³-hybridized carbons (Fsp3) is 0.348. The van der Waals surface area contributed by atoms with E-state index in [0.717, 1.165) is 24.8 Å². The molecule has 0 aliphatic carbocycles. The maximum Gasteiger partial charge on any atom is 0.271 e. The molecule has 11 nitrogen and oxygen atoms in total. The van der Waals surface area contributed by atoms with Gasteiger partial charge in [0.05, 0.1) is 27.0 Å². The first kappa shape index (κ1) is 23.1. The van der Waals surface area contributed by atoms with Gasteiger partial charge in [-0.2, -0.15) is 4.31 Å². The zero-order valence-electron chi connectivity index (χ0n) is 18.8. The third-order valence-corrected chi connectivity index (χ3v) is 8.42. The van der Waals surface area contributed by atoms with E-state index in [9.17, 15) is 28.1 Å². The fourth-order valence-corrected chi connectivity index (χ4v) is 6.22. The number of carbonyl (C=O) groups excluding carboxylic acids is 1. The van der Waals surface area contributed by atoms with E-state index in [1.165, 1.54) is 39.5 Å². The van der Waals surface area contributed by atoms with E-state index in [0.29, 0.717) is 31.7 Å². The number of nitro benzene ring substituents is 1. The second-order valence-corrected chi connectivity index (χ2v) is 10.6. The number of amides is 1. The molecule has 0 spiro atoms. The van der Waals surface area contributed by atoms with Gasteiger partial charge in [0.2, 0.25) is 15.9 Å². The van der Waals surface area contributed by atoms with Crippen LogP contribution in [-0.4, -0.2) is 52.7 Å². The lowest BCUT2D eigenvalue weighted by molar-refractivity contribution is -0.384. The van der Waals surface area contributed by atoms with Crippen LogP contribution in [0.5, 0.6) is 0 Å². The number of fused-ring (bicyclic) bond motifs is 2. The lowest BCUT2D eigenvalue weighted by atomic mass is 10.2. The quantitative estimate of drug-likeness (QED) is 0.389. The summed E-state index contributed by atoms with van der Waals surface area (Å²) >= 11 is 0. The largest absolute Gasteiger partial charge is 0.310 e. The highest BCUT2D eigenvalue weighted by atomic mass is 32.2. The van der Waals surface area contributed by atoms with Crippen molar-refractivity contribution >= 4 is 38.2 Å². The van der Waals surface area contributed by atoms with Gasteiger partial charge in [-0.25, -0.2) is 13.4 Å². The van der Waals surface area contributed by atoms with Crippen molar-refractivity contribution in [1.82, 2.24) is 13.9 Å². The molecular weight excluding hydrogens is 474 g/mol. The molecule has 0 unspecified atom stereocenters. The molecule has 1 saturated heterocycles. The number of piperidine rings is 1. The first-order chi connectivity index (χ1) is 16.8. The Bertz CT molecular complexity index is 1510. The number of rotatable bonds is 5. The van der Waals surface area contributed by atoms with Crippen LogP contribution in [0.1, 0.15) is 24.8 Å². The zero-order chi connectivity index (χ0) is 24.7. The molecule has 182 valence electrons. The van der Waals surface area contributed by atoms with Crippen molar-refractivity contribution in [2.45, 2.75) is 37.1 Å². The number of non-ortho nitro benzene ring substituents is 1. The van der Waals surface area contributed by atoms with Crippen LogP contribution in [-0.2, 0) is 27.8 Å². The first-order valence-electron chi connectivity index (χ1n) is 11.3. The molecule has 5 rings (SSSR count). The zero-order valence-corrected chi connectivity index (χ0v) is 19.6. The second-order valence-electron chi connectivity index (χ2n) is 8.69. The molecule has 35 heavy (non-hydrogen) atoms. The minimum Gasteiger partial charge on any atom is -0.310 e. The van der Waals surface area contributed by atoms with Crippen LogP contribution in [0.4, 0.5) is 11.4 Å². The predicted molar refractivity (Wildman–Crippen MR) is 128 cm³/mol. The van der Waals surface area contributed by atoms with Gasteiger partial charge in [0.1, 0.15) is 6.54 Å². The number of anilines is 1. The maximum absolute atomic E-state index is 13.1. The van der Waals surface area contributed by atoms with Crippen molar-refractivity contribution in [2.24, 2.45) is 0 Å². The predicted octanol–water partition coefficient (Wildman–Crippen LogP) is 2.07. The van der Waals surface area contributed by atoms with Gasteiger partial charge in [-0.3, -0.25) is 24.3 Å². The van der Waals surface area contributed by atoms with Gasteiger partial charge in [-0.05, 0) is 49.1 Å². The summed E-state index contributed by atoms with van der Waals surface area (Å²) in [5.41, 5.74) is 0.939. The SMILES string of the molecule is O=C(Cn1cnc2cc([N+](=O)[O-])ccc2c1=O)N1CCc2cc(S(=O)(=O)N3CCCCC3)ccc21. The van der Waals surface area contributed by atoms with Gasteiger partial charge in [0.15, 0.2) is 0 Å². The van der Waals surface area contributed by atoms with Crippen molar-refractivity contribution in [3.05, 3.63) is 68.8 Å². The molecule has 0 saturated carbocycles. The Hall–Kier alpha value is -3.64. The Morgan fingerprint density at radius 2 is 1.83 bits per heavy atom. The summed E-state index contributed by atoms with van der Waals surface area (Å²) in [4.78, 5) is 42.2. The minimum atomic E-state index is -3.57. The molecule has 1 fully saturated rings. The lowest BCUT2D eigenvalue weighted by Crippen LogP contribution is -2.36. The number of hydrogen-bond acceptors (Lipinski definition) is 7. The highest BCUT2D eigenvalue weighted by Gasteiger charge is 2.30. The van der Waals surface area contributed by atoms with E-state index in [1.807, 2.05) is 0 Å². The lowest BCUT2D eigenvalue weighted by Gasteiger charge is -2.26. The number of nitro groups is 1. The van der Waals surface area contributed by atoms with E-state index in [2.05, 4.69) is 4.98 Å². The minimum absolute atomic E-state index is 0.173. The van der Waals surface area contributed by atoms with Crippen LogP contribution in [0.15, 0.2) is 52.4 Å². The summed E-state index contributed by atoms with van der Waals surface area (Å²) in [6, 6.07) is 8.60. The van der Waals surface area contributed by atoms with Crippen molar-refractivity contribution < 1.29 is 18.1 Å². The maximum atomic E-state index is 13.1. The topological polar surface area (TPSA) is 136 Å². The summed E-state index contributed by atoms with van der Waals surface area (Å²) in [5.74, 6) is -0.333. The number of hydrogen-bond donors (Lipinski definition) is 0. The van der Waals surface area contributed by atoms with Gasteiger partial charge in [0.25, 0.3) is 11.2 Å². The molecule has 1 aromatic heterocycles. The molecule has 3 heterocycles. The Morgan fingerprint density at radius 1 is 1.06 bits per heavy atom. The van der Waals surface area contributed by atoms with Crippen LogP contribution in [0.3, 0.4) is 0 Å². The third kappa shape index (κ3) is 4.19. The average Bonchev–Trinajstić information content (AvgIpc) is 3.29. The number of benzene rings is 2. The Kier molecular flexibility index (Phi) is 5.85. The highest BCUT2D eigenvalue weighted by Crippen LogP contribution is 2.32. The van der Waals surface area contributed by atoms with E-state index in [-0.39, 0.29) is 33.9 Å². The summed E-state index contributed by atoms with van der Waals surface area (Å²) in [5, 5.41) is 11.1. The first-order valence-corrected chi connectivity index (χ1v) is 12.8. The fourth-order valence-electron chi connectivity index (χ4n) is 4.66. The third-order valence-electron chi connectivity index (χ3n) is 6.53. The molecule has 2 aromatic carbocycles. The van der Waals surface area contributed by atoms with Gasteiger partial charge in [-0.1, -0.05) is 6.42 Å². The van der Waals surface area contributed by atoms with E-state index in [4.69, 9.17) is 0 Å². The van der Waals surface area contributed by atoms with Gasteiger partial charge < -0.3 is 4.90 Å². The normalized spacial score (nSPS) is 16.4.